The average Bonchev–Trinajstić information content (AvgIpc) is 3.37. The van der Waals surface area contributed by atoms with E-state index in [1.807, 2.05) is 17.5 Å². The smallest absolute Gasteiger partial charge is 0.231 e. The van der Waals surface area contributed by atoms with Gasteiger partial charge in [-0.3, -0.25) is 9.59 Å². The average molecular weight is 387 g/mol. The van der Waals surface area contributed by atoms with Crippen LogP contribution in [0.1, 0.15) is 17.1 Å². The predicted molar refractivity (Wildman–Crippen MR) is 101 cm³/mol. The quantitative estimate of drug-likeness (QED) is 0.723. The Morgan fingerprint density at radius 1 is 1.42 bits per heavy atom. The highest BCUT2D eigenvalue weighted by molar-refractivity contribution is 7.17. The van der Waals surface area contributed by atoms with Crippen molar-refractivity contribution in [2.45, 2.75) is 19.9 Å². The van der Waals surface area contributed by atoms with Gasteiger partial charge in [-0.2, -0.15) is 0 Å². The van der Waals surface area contributed by atoms with Crippen LogP contribution in [0.5, 0.6) is 0 Å². The molecule has 2 amide bonds. The Balaban J connectivity index is 1.38. The number of rotatable bonds is 5. The summed E-state index contributed by atoms with van der Waals surface area (Å²) in [6.45, 7) is 2.84. The summed E-state index contributed by atoms with van der Waals surface area (Å²) in [4.78, 5) is 33.1. The highest BCUT2D eigenvalue weighted by atomic mass is 32.1. The molecule has 134 valence electrons. The van der Waals surface area contributed by atoms with E-state index >= 15 is 0 Å². The van der Waals surface area contributed by atoms with Gasteiger partial charge in [0.1, 0.15) is 5.76 Å². The minimum atomic E-state index is -0.367. The largest absolute Gasteiger partial charge is 0.467 e. The predicted octanol–water partition coefficient (Wildman–Crippen LogP) is 3.76. The lowest BCUT2D eigenvalue weighted by Gasteiger charge is -2.14. The molecule has 1 aliphatic rings. The molecule has 0 spiro atoms. The van der Waals surface area contributed by atoms with Crippen LogP contribution in [0.4, 0.5) is 5.13 Å². The van der Waals surface area contributed by atoms with Crippen LogP contribution in [-0.2, 0) is 16.1 Å². The number of anilines is 1. The fourth-order valence-electron chi connectivity index (χ4n) is 2.92. The zero-order valence-electron chi connectivity index (χ0n) is 14.1. The van der Waals surface area contributed by atoms with Crippen LogP contribution in [0, 0.1) is 12.8 Å². The van der Waals surface area contributed by atoms with Crippen molar-refractivity contribution in [3.05, 3.63) is 46.5 Å². The summed E-state index contributed by atoms with van der Waals surface area (Å²) in [6.07, 6.45) is 1.80. The number of hydrogen-bond acceptors (Lipinski definition) is 6. The fourth-order valence-corrected chi connectivity index (χ4v) is 4.53. The van der Waals surface area contributed by atoms with E-state index in [9.17, 15) is 9.59 Å². The number of hydrogen-bond donors (Lipinski definition) is 1. The molecule has 4 rings (SSSR count). The lowest BCUT2D eigenvalue weighted by molar-refractivity contribution is -0.128. The molecule has 4 heterocycles. The van der Waals surface area contributed by atoms with Crippen LogP contribution >= 0.6 is 22.7 Å². The number of carbonyl (C=O) groups excluding carboxylic acids is 2. The number of thiazole rings is 1. The van der Waals surface area contributed by atoms with Crippen molar-refractivity contribution in [1.82, 2.24) is 9.88 Å². The lowest BCUT2D eigenvalue weighted by Crippen LogP contribution is -2.27. The minimum Gasteiger partial charge on any atom is -0.467 e. The van der Waals surface area contributed by atoms with Crippen molar-refractivity contribution in [3.63, 3.8) is 0 Å². The Morgan fingerprint density at radius 2 is 2.31 bits per heavy atom. The zero-order chi connectivity index (χ0) is 18.1. The maximum Gasteiger partial charge on any atom is 0.231 e. The number of aryl methyl sites for hydroxylation is 1. The Hall–Kier alpha value is -2.45. The molecule has 3 aromatic rings. The molecule has 0 aromatic carbocycles. The maximum absolute atomic E-state index is 12.5. The summed E-state index contributed by atoms with van der Waals surface area (Å²) in [5.74, 6) is 0.156. The number of thiophene rings is 1. The number of nitrogens with one attached hydrogen (secondary N) is 1. The minimum absolute atomic E-state index is 0.0320. The highest BCUT2D eigenvalue weighted by Gasteiger charge is 2.35. The number of carbonyl (C=O) groups is 2. The molecule has 1 fully saturated rings. The standard InChI is InChI=1S/C18H17N3O3S2/c1-11-4-5-15(26-11)14-10-25-18(19-14)20-17(23)12-7-16(22)21(8-12)9-13-3-2-6-24-13/h2-6,10,12H,7-9H2,1H3,(H,19,20,23). The Bertz CT molecular complexity index is 929. The number of nitrogens with zero attached hydrogens (tertiary/aromatic N) is 2. The molecule has 1 atom stereocenters. The molecule has 26 heavy (non-hydrogen) atoms. The van der Waals surface area contributed by atoms with Gasteiger partial charge in [-0.25, -0.2) is 4.98 Å². The summed E-state index contributed by atoms with van der Waals surface area (Å²) in [6, 6.07) is 7.69. The molecular weight excluding hydrogens is 370 g/mol. The summed E-state index contributed by atoms with van der Waals surface area (Å²) in [5, 5.41) is 5.35. The molecule has 0 aliphatic carbocycles. The number of likely N-dealkylation sites (tertiary alicyclic amines) is 1. The highest BCUT2D eigenvalue weighted by Crippen LogP contribution is 2.31. The van der Waals surface area contributed by atoms with E-state index in [4.69, 9.17) is 4.42 Å². The topological polar surface area (TPSA) is 75.4 Å². The summed E-state index contributed by atoms with van der Waals surface area (Å²) in [7, 11) is 0. The van der Waals surface area contributed by atoms with Crippen molar-refractivity contribution in [3.8, 4) is 10.6 Å². The molecular formula is C18H17N3O3S2. The van der Waals surface area contributed by atoms with Crippen molar-refractivity contribution in [2.24, 2.45) is 5.92 Å². The van der Waals surface area contributed by atoms with Crippen molar-refractivity contribution in [2.75, 3.05) is 11.9 Å². The molecule has 0 bridgehead atoms. The summed E-state index contributed by atoms with van der Waals surface area (Å²) >= 11 is 3.07. The van der Waals surface area contributed by atoms with E-state index < -0.39 is 0 Å². The first kappa shape index (κ1) is 17.0. The third kappa shape index (κ3) is 3.56. The van der Waals surface area contributed by atoms with E-state index in [1.54, 1.807) is 28.6 Å². The van der Waals surface area contributed by atoms with Gasteiger partial charge in [-0.1, -0.05) is 0 Å². The van der Waals surface area contributed by atoms with Gasteiger partial charge >= 0.3 is 0 Å². The molecule has 1 unspecified atom stereocenters. The molecule has 0 radical (unpaired) electrons. The Kier molecular flexibility index (Phi) is 4.60. The molecule has 6 nitrogen and oxygen atoms in total. The second kappa shape index (κ2) is 7.05. The maximum atomic E-state index is 12.5. The first-order valence-corrected chi connectivity index (χ1v) is 9.91. The molecule has 1 saturated heterocycles. The van der Waals surface area contributed by atoms with Gasteiger partial charge in [0.05, 0.1) is 29.3 Å². The van der Waals surface area contributed by atoms with E-state index in [-0.39, 0.29) is 24.2 Å². The third-order valence-electron chi connectivity index (χ3n) is 4.24. The SMILES string of the molecule is Cc1ccc(-c2csc(NC(=O)C3CC(=O)N(Cc4ccco4)C3)n2)s1. The Labute approximate surface area is 158 Å². The van der Waals surface area contributed by atoms with Crippen LogP contribution in [-0.4, -0.2) is 28.2 Å². The molecule has 0 saturated carbocycles. The molecule has 3 aromatic heterocycles. The Morgan fingerprint density at radius 3 is 3.04 bits per heavy atom. The van der Waals surface area contributed by atoms with Crippen molar-refractivity contribution >= 4 is 39.6 Å². The second-order valence-corrected chi connectivity index (χ2v) is 8.34. The van der Waals surface area contributed by atoms with Crippen molar-refractivity contribution in [1.29, 1.82) is 0 Å². The van der Waals surface area contributed by atoms with E-state index in [0.717, 1.165) is 16.3 Å². The monoisotopic (exact) mass is 387 g/mol. The van der Waals surface area contributed by atoms with Gasteiger partial charge in [0.25, 0.3) is 0 Å². The van der Waals surface area contributed by atoms with Crippen LogP contribution in [0.2, 0.25) is 0 Å². The first-order chi connectivity index (χ1) is 12.6. The normalized spacial score (nSPS) is 17.0. The van der Waals surface area contributed by atoms with Gasteiger partial charge < -0.3 is 14.6 Å². The van der Waals surface area contributed by atoms with Gasteiger partial charge in [0, 0.05) is 23.2 Å². The van der Waals surface area contributed by atoms with Gasteiger partial charge in [0.2, 0.25) is 11.8 Å². The van der Waals surface area contributed by atoms with E-state index in [2.05, 4.69) is 23.3 Å². The third-order valence-corrected chi connectivity index (χ3v) is 6.02. The number of furan rings is 1. The van der Waals surface area contributed by atoms with Gasteiger partial charge in [-0.05, 0) is 31.2 Å². The van der Waals surface area contributed by atoms with E-state index in [0.29, 0.717) is 18.2 Å². The lowest BCUT2D eigenvalue weighted by atomic mass is 10.1. The van der Waals surface area contributed by atoms with Crippen LogP contribution < -0.4 is 5.32 Å². The summed E-state index contributed by atoms with van der Waals surface area (Å²) < 4.78 is 5.28. The summed E-state index contributed by atoms with van der Waals surface area (Å²) in [5.41, 5.74) is 0.866. The van der Waals surface area contributed by atoms with Crippen LogP contribution in [0.15, 0.2) is 40.3 Å². The van der Waals surface area contributed by atoms with Gasteiger partial charge in [-0.15, -0.1) is 22.7 Å². The molecule has 8 heteroatoms. The first-order valence-electron chi connectivity index (χ1n) is 8.22. The van der Waals surface area contributed by atoms with Crippen molar-refractivity contribution < 1.29 is 14.0 Å². The fraction of sp³-hybridized carbons (Fsp3) is 0.278. The molecule has 1 N–H and O–H groups in total. The van der Waals surface area contributed by atoms with E-state index in [1.165, 1.54) is 16.2 Å². The van der Waals surface area contributed by atoms with Gasteiger partial charge in [0.15, 0.2) is 5.13 Å². The zero-order valence-corrected chi connectivity index (χ0v) is 15.7. The van der Waals surface area contributed by atoms with Crippen LogP contribution in [0.3, 0.4) is 0 Å². The van der Waals surface area contributed by atoms with Crippen LogP contribution in [0.25, 0.3) is 10.6 Å². The molecule has 1 aliphatic heterocycles. The number of amides is 2. The number of aromatic nitrogens is 1. The second-order valence-electron chi connectivity index (χ2n) is 6.19.